The highest BCUT2D eigenvalue weighted by atomic mass is 35.5. The molecule has 0 spiro atoms. The van der Waals surface area contributed by atoms with E-state index in [0.717, 1.165) is 38.4 Å². The monoisotopic (exact) mass is 388 g/mol. The normalized spacial score (nSPS) is 15.9. The van der Waals surface area contributed by atoms with E-state index in [-0.39, 0.29) is 5.91 Å². The van der Waals surface area contributed by atoms with Crippen molar-refractivity contribution in [2.45, 2.75) is 26.1 Å². The Morgan fingerprint density at radius 3 is 2.70 bits per heavy atom. The lowest BCUT2D eigenvalue weighted by Crippen LogP contribution is -2.36. The maximum Gasteiger partial charge on any atom is 0.261 e. The fraction of sp³-hybridized carbons (Fsp3) is 0.381. The van der Waals surface area contributed by atoms with Crippen molar-refractivity contribution < 1.29 is 14.3 Å². The summed E-state index contributed by atoms with van der Waals surface area (Å²) in [5, 5.41) is 3.51. The van der Waals surface area contributed by atoms with Gasteiger partial charge in [-0.15, -0.1) is 0 Å². The Bertz CT molecular complexity index is 763. The topological polar surface area (TPSA) is 50.8 Å². The van der Waals surface area contributed by atoms with Crippen LogP contribution in [0.5, 0.6) is 5.75 Å². The summed E-state index contributed by atoms with van der Waals surface area (Å²) in [5.74, 6) is 0.422. The molecule has 0 radical (unpaired) electrons. The molecular weight excluding hydrogens is 364 g/mol. The quantitative estimate of drug-likeness (QED) is 0.791. The fourth-order valence-electron chi connectivity index (χ4n) is 2.99. The Kier molecular flexibility index (Phi) is 7.10. The Balaban J connectivity index is 1.49. The number of nitrogens with one attached hydrogen (secondary N) is 1. The molecule has 6 heteroatoms. The molecule has 0 aromatic heterocycles. The van der Waals surface area contributed by atoms with Crippen molar-refractivity contribution in [1.29, 1.82) is 0 Å². The second-order valence-corrected chi connectivity index (χ2v) is 7.08. The average molecular weight is 389 g/mol. The molecule has 1 aliphatic rings. The molecule has 1 aliphatic heterocycles. The first-order valence-corrected chi connectivity index (χ1v) is 9.56. The van der Waals surface area contributed by atoms with Crippen molar-refractivity contribution in [3.8, 4) is 5.75 Å². The number of morpholine rings is 1. The minimum absolute atomic E-state index is 0.159. The highest BCUT2D eigenvalue weighted by Gasteiger charge is 2.15. The summed E-state index contributed by atoms with van der Waals surface area (Å²) in [7, 11) is 0. The first-order chi connectivity index (χ1) is 13.1. The van der Waals surface area contributed by atoms with Crippen molar-refractivity contribution >= 4 is 17.5 Å². The Morgan fingerprint density at radius 2 is 1.93 bits per heavy atom. The van der Waals surface area contributed by atoms with E-state index in [1.807, 2.05) is 12.1 Å². The molecule has 144 valence electrons. The summed E-state index contributed by atoms with van der Waals surface area (Å²) >= 11 is 5.94. The van der Waals surface area contributed by atoms with Gasteiger partial charge in [-0.1, -0.05) is 41.9 Å². The van der Waals surface area contributed by atoms with Gasteiger partial charge in [0.05, 0.1) is 13.2 Å². The minimum Gasteiger partial charge on any atom is -0.481 e. The summed E-state index contributed by atoms with van der Waals surface area (Å²) < 4.78 is 11.0. The van der Waals surface area contributed by atoms with Gasteiger partial charge in [0.1, 0.15) is 5.75 Å². The van der Waals surface area contributed by atoms with Crippen molar-refractivity contribution in [1.82, 2.24) is 10.2 Å². The van der Waals surface area contributed by atoms with Crippen LogP contribution in [0.4, 0.5) is 0 Å². The molecular formula is C21H25ClN2O3. The molecule has 0 unspecified atom stereocenters. The number of amides is 1. The predicted octanol–water partition coefficient (Wildman–Crippen LogP) is 3.26. The first kappa shape index (κ1) is 19.7. The standard InChI is InChI=1S/C21H25ClN2O3/c1-16(27-20-7-3-6-19(22)13-20)21(25)23-14-17-4-2-5-18(12-17)15-24-8-10-26-11-9-24/h2-7,12-13,16H,8-11,14-15H2,1H3,(H,23,25)/t16-/m1/s1. The van der Waals surface area contributed by atoms with Crippen LogP contribution in [0.3, 0.4) is 0 Å². The van der Waals surface area contributed by atoms with Gasteiger partial charge in [0.2, 0.25) is 0 Å². The third-order valence-electron chi connectivity index (χ3n) is 4.45. The molecule has 2 aromatic carbocycles. The summed E-state index contributed by atoms with van der Waals surface area (Å²) in [5.41, 5.74) is 2.32. The first-order valence-electron chi connectivity index (χ1n) is 9.18. The van der Waals surface area contributed by atoms with Crippen LogP contribution in [-0.4, -0.2) is 43.2 Å². The molecule has 1 saturated heterocycles. The number of halogens is 1. The van der Waals surface area contributed by atoms with E-state index >= 15 is 0 Å². The highest BCUT2D eigenvalue weighted by molar-refractivity contribution is 6.30. The molecule has 27 heavy (non-hydrogen) atoms. The third kappa shape index (κ3) is 6.24. The number of carbonyl (C=O) groups excluding carboxylic acids is 1. The van der Waals surface area contributed by atoms with E-state index in [9.17, 15) is 4.79 Å². The number of carbonyl (C=O) groups is 1. The lowest BCUT2D eigenvalue weighted by Gasteiger charge is -2.26. The number of rotatable bonds is 7. The summed E-state index contributed by atoms with van der Waals surface area (Å²) in [6.07, 6.45) is -0.597. The van der Waals surface area contributed by atoms with Gasteiger partial charge in [0, 0.05) is 31.2 Å². The number of hydrogen-bond acceptors (Lipinski definition) is 4. The Hall–Kier alpha value is -2.08. The molecule has 1 N–H and O–H groups in total. The summed E-state index contributed by atoms with van der Waals surface area (Å²) in [6, 6.07) is 15.3. The average Bonchev–Trinajstić information content (AvgIpc) is 2.67. The van der Waals surface area contributed by atoms with Crippen LogP contribution < -0.4 is 10.1 Å². The van der Waals surface area contributed by atoms with E-state index in [1.54, 1.807) is 31.2 Å². The van der Waals surface area contributed by atoms with E-state index < -0.39 is 6.10 Å². The smallest absolute Gasteiger partial charge is 0.261 e. The second-order valence-electron chi connectivity index (χ2n) is 6.64. The molecule has 3 rings (SSSR count). The van der Waals surface area contributed by atoms with Gasteiger partial charge < -0.3 is 14.8 Å². The van der Waals surface area contributed by atoms with Crippen LogP contribution in [0, 0.1) is 0 Å². The van der Waals surface area contributed by atoms with Crippen LogP contribution in [0.15, 0.2) is 48.5 Å². The zero-order chi connectivity index (χ0) is 19.1. The largest absolute Gasteiger partial charge is 0.481 e. The van der Waals surface area contributed by atoms with Crippen LogP contribution in [0.1, 0.15) is 18.1 Å². The van der Waals surface area contributed by atoms with E-state index in [1.165, 1.54) is 5.56 Å². The van der Waals surface area contributed by atoms with Gasteiger partial charge in [0.25, 0.3) is 5.91 Å². The fourth-order valence-corrected chi connectivity index (χ4v) is 3.17. The molecule has 0 bridgehead atoms. The van der Waals surface area contributed by atoms with Crippen molar-refractivity contribution in [2.24, 2.45) is 0 Å². The maximum atomic E-state index is 12.3. The molecule has 1 atom stereocenters. The van der Waals surface area contributed by atoms with Gasteiger partial charge in [-0.25, -0.2) is 0 Å². The Morgan fingerprint density at radius 1 is 1.19 bits per heavy atom. The molecule has 1 heterocycles. The molecule has 5 nitrogen and oxygen atoms in total. The van der Waals surface area contributed by atoms with Crippen molar-refractivity contribution in [2.75, 3.05) is 26.3 Å². The van der Waals surface area contributed by atoms with Gasteiger partial charge in [-0.2, -0.15) is 0 Å². The van der Waals surface area contributed by atoms with Crippen LogP contribution >= 0.6 is 11.6 Å². The molecule has 0 saturated carbocycles. The van der Waals surface area contributed by atoms with Gasteiger partial charge >= 0.3 is 0 Å². The van der Waals surface area contributed by atoms with Gasteiger partial charge in [0.15, 0.2) is 6.10 Å². The third-order valence-corrected chi connectivity index (χ3v) is 4.68. The van der Waals surface area contributed by atoms with E-state index in [2.05, 4.69) is 22.3 Å². The van der Waals surface area contributed by atoms with Gasteiger partial charge in [-0.3, -0.25) is 9.69 Å². The van der Waals surface area contributed by atoms with Crippen molar-refractivity contribution in [3.63, 3.8) is 0 Å². The minimum atomic E-state index is -0.597. The van der Waals surface area contributed by atoms with Crippen molar-refractivity contribution in [3.05, 3.63) is 64.7 Å². The zero-order valence-electron chi connectivity index (χ0n) is 15.5. The highest BCUT2D eigenvalue weighted by Crippen LogP contribution is 2.18. The zero-order valence-corrected chi connectivity index (χ0v) is 16.2. The van der Waals surface area contributed by atoms with Crippen LogP contribution in [-0.2, 0) is 22.6 Å². The SMILES string of the molecule is C[C@@H](Oc1cccc(Cl)c1)C(=O)NCc1cccc(CN2CCOCC2)c1. The van der Waals surface area contributed by atoms with Crippen LogP contribution in [0.2, 0.25) is 5.02 Å². The van der Waals surface area contributed by atoms with Gasteiger partial charge in [-0.05, 0) is 36.2 Å². The number of benzene rings is 2. The second kappa shape index (κ2) is 9.74. The van der Waals surface area contributed by atoms with E-state index in [0.29, 0.717) is 17.3 Å². The lowest BCUT2D eigenvalue weighted by atomic mass is 10.1. The summed E-state index contributed by atoms with van der Waals surface area (Å²) in [6.45, 7) is 6.60. The van der Waals surface area contributed by atoms with Crippen LogP contribution in [0.25, 0.3) is 0 Å². The lowest BCUT2D eigenvalue weighted by molar-refractivity contribution is -0.127. The maximum absolute atomic E-state index is 12.3. The Labute approximate surface area is 165 Å². The van der Waals surface area contributed by atoms with E-state index in [4.69, 9.17) is 21.1 Å². The number of nitrogens with zero attached hydrogens (tertiary/aromatic N) is 1. The molecule has 0 aliphatic carbocycles. The summed E-state index contributed by atoms with van der Waals surface area (Å²) in [4.78, 5) is 14.7. The number of hydrogen-bond donors (Lipinski definition) is 1. The predicted molar refractivity (Wildman–Crippen MR) is 106 cm³/mol. The molecule has 2 aromatic rings. The molecule has 1 amide bonds. The number of ether oxygens (including phenoxy) is 2. The molecule has 1 fully saturated rings.